The summed E-state index contributed by atoms with van der Waals surface area (Å²) in [4.78, 5) is 12.9. The lowest BCUT2D eigenvalue weighted by Crippen LogP contribution is -2.49. The molecule has 0 spiro atoms. The molecule has 0 unspecified atom stereocenters. The molecule has 0 radical (unpaired) electrons. The lowest BCUT2D eigenvalue weighted by molar-refractivity contribution is 0.0917. The Kier molecular flexibility index (Phi) is 4.73. The smallest absolute Gasteiger partial charge is 0.253 e. The number of benzene rings is 1. The van der Waals surface area contributed by atoms with Gasteiger partial charge in [0.25, 0.3) is 5.91 Å². The summed E-state index contributed by atoms with van der Waals surface area (Å²) >= 11 is 0. The summed E-state index contributed by atoms with van der Waals surface area (Å²) in [5.41, 5.74) is 2.68. The molecule has 1 amide bonds. The van der Waals surface area contributed by atoms with Gasteiger partial charge in [-0.15, -0.1) is 0 Å². The highest BCUT2D eigenvalue weighted by Gasteiger charge is 2.40. The van der Waals surface area contributed by atoms with Gasteiger partial charge >= 0.3 is 0 Å². The van der Waals surface area contributed by atoms with Crippen molar-refractivity contribution in [2.75, 3.05) is 0 Å². The number of aryl methyl sites for hydroxylation is 1. The van der Waals surface area contributed by atoms with Crippen LogP contribution in [0.4, 0.5) is 0 Å². The molecular formula is C19H24N2O3S. The molecular weight excluding hydrogens is 336 g/mol. The number of carbonyl (C=O) groups is 1. The number of aromatic nitrogens is 1. The van der Waals surface area contributed by atoms with Gasteiger partial charge in [0.1, 0.15) is 0 Å². The van der Waals surface area contributed by atoms with E-state index in [2.05, 4.69) is 9.88 Å². The minimum absolute atomic E-state index is 0.0827. The highest BCUT2D eigenvalue weighted by molar-refractivity contribution is 7.92. The lowest BCUT2D eigenvalue weighted by atomic mass is 9.92. The number of carbonyl (C=O) groups excluding carboxylic acids is 1. The number of nitrogens with zero attached hydrogens (tertiary/aromatic N) is 1. The first kappa shape index (κ1) is 17.7. The van der Waals surface area contributed by atoms with Crippen LogP contribution < -0.4 is 5.32 Å². The molecule has 2 aromatic rings. The summed E-state index contributed by atoms with van der Waals surface area (Å²) in [7, 11) is -3.31. The fraction of sp³-hybridized carbons (Fsp3) is 0.421. The Labute approximate surface area is 149 Å². The Morgan fingerprint density at radius 3 is 2.40 bits per heavy atom. The number of sulfone groups is 1. The van der Waals surface area contributed by atoms with E-state index in [1.165, 1.54) is 0 Å². The Balaban J connectivity index is 1.63. The van der Waals surface area contributed by atoms with Gasteiger partial charge in [0.05, 0.1) is 15.7 Å². The maximum Gasteiger partial charge on any atom is 0.253 e. The van der Waals surface area contributed by atoms with Crippen LogP contribution in [0.15, 0.2) is 41.3 Å². The Morgan fingerprint density at radius 2 is 1.84 bits per heavy atom. The second kappa shape index (κ2) is 6.67. The number of hydrogen-bond acceptors (Lipinski definition) is 3. The summed E-state index contributed by atoms with van der Waals surface area (Å²) in [6.45, 7) is 6.80. The zero-order valence-electron chi connectivity index (χ0n) is 14.8. The van der Waals surface area contributed by atoms with Crippen molar-refractivity contribution in [2.24, 2.45) is 0 Å². The Bertz CT molecular complexity index is 879. The third-order valence-electron chi connectivity index (χ3n) is 5.08. The predicted octanol–water partition coefficient (Wildman–Crippen LogP) is 2.86. The van der Waals surface area contributed by atoms with E-state index in [1.807, 2.05) is 26.8 Å². The molecule has 0 atom stereocenters. The summed E-state index contributed by atoms with van der Waals surface area (Å²) in [6, 6.07) is 10.3. The normalized spacial score (nSPS) is 20.1. The molecule has 1 saturated carbocycles. The quantitative estimate of drug-likeness (QED) is 0.891. The van der Waals surface area contributed by atoms with E-state index >= 15 is 0 Å². The molecule has 0 bridgehead atoms. The van der Waals surface area contributed by atoms with Crippen LogP contribution in [-0.4, -0.2) is 30.2 Å². The summed E-state index contributed by atoms with van der Waals surface area (Å²) < 4.78 is 27.2. The van der Waals surface area contributed by atoms with E-state index in [1.54, 1.807) is 30.3 Å². The second-order valence-corrected chi connectivity index (χ2v) is 8.88. The maximum atomic E-state index is 12.5. The van der Waals surface area contributed by atoms with Gasteiger partial charge in [0.2, 0.25) is 0 Å². The monoisotopic (exact) mass is 360 g/mol. The largest absolute Gasteiger partial charge is 0.349 e. The molecule has 134 valence electrons. The Morgan fingerprint density at radius 1 is 1.20 bits per heavy atom. The zero-order valence-corrected chi connectivity index (χ0v) is 15.6. The standard InChI is InChI=1S/C19H24N2O3S/c1-4-21-13(2)10-18(14(21)3)19(22)20-15-11-17(12-15)25(23,24)16-8-6-5-7-9-16/h5-10,15,17H,4,11-12H2,1-3H3,(H,20,22). The molecule has 1 aromatic heterocycles. The van der Waals surface area contributed by atoms with Gasteiger partial charge in [-0.25, -0.2) is 8.42 Å². The van der Waals surface area contributed by atoms with E-state index in [4.69, 9.17) is 0 Å². The van der Waals surface area contributed by atoms with Crippen LogP contribution in [0.1, 0.15) is 41.5 Å². The average Bonchev–Trinajstić information content (AvgIpc) is 2.85. The van der Waals surface area contributed by atoms with Crippen molar-refractivity contribution >= 4 is 15.7 Å². The second-order valence-electron chi connectivity index (χ2n) is 6.65. The first-order chi connectivity index (χ1) is 11.8. The van der Waals surface area contributed by atoms with Gasteiger partial charge in [-0.1, -0.05) is 18.2 Å². The van der Waals surface area contributed by atoms with Crippen LogP contribution in [0.2, 0.25) is 0 Å². The van der Waals surface area contributed by atoms with Crippen molar-refractivity contribution in [3.63, 3.8) is 0 Å². The van der Waals surface area contributed by atoms with Gasteiger partial charge in [0.15, 0.2) is 9.84 Å². The average molecular weight is 360 g/mol. The van der Waals surface area contributed by atoms with Gasteiger partial charge in [-0.05, 0) is 51.8 Å². The van der Waals surface area contributed by atoms with Gasteiger partial charge in [-0.2, -0.15) is 0 Å². The van der Waals surface area contributed by atoms with Crippen molar-refractivity contribution in [3.8, 4) is 0 Å². The van der Waals surface area contributed by atoms with Crippen LogP contribution >= 0.6 is 0 Å². The SMILES string of the molecule is CCn1c(C)cc(C(=O)NC2CC(S(=O)(=O)c3ccccc3)C2)c1C. The zero-order chi connectivity index (χ0) is 18.2. The van der Waals surface area contributed by atoms with E-state index in [-0.39, 0.29) is 11.9 Å². The van der Waals surface area contributed by atoms with Gasteiger partial charge in [0, 0.05) is 24.0 Å². The topological polar surface area (TPSA) is 68.2 Å². The molecule has 1 aliphatic rings. The third-order valence-corrected chi connectivity index (χ3v) is 7.27. The molecule has 25 heavy (non-hydrogen) atoms. The van der Waals surface area contributed by atoms with Gasteiger partial charge in [-0.3, -0.25) is 4.79 Å². The minimum Gasteiger partial charge on any atom is -0.349 e. The molecule has 1 heterocycles. The lowest BCUT2D eigenvalue weighted by Gasteiger charge is -2.35. The van der Waals surface area contributed by atoms with Crippen molar-refractivity contribution in [1.82, 2.24) is 9.88 Å². The van der Waals surface area contributed by atoms with Crippen LogP contribution in [-0.2, 0) is 16.4 Å². The molecule has 0 aliphatic heterocycles. The maximum absolute atomic E-state index is 12.5. The highest BCUT2D eigenvalue weighted by Crippen LogP contribution is 2.32. The van der Waals surface area contributed by atoms with Crippen LogP contribution in [0.3, 0.4) is 0 Å². The molecule has 1 fully saturated rings. The van der Waals surface area contributed by atoms with Crippen molar-refractivity contribution in [3.05, 3.63) is 53.3 Å². The number of nitrogens with one attached hydrogen (secondary N) is 1. The van der Waals surface area contributed by atoms with Crippen molar-refractivity contribution < 1.29 is 13.2 Å². The molecule has 0 saturated heterocycles. The van der Waals surface area contributed by atoms with E-state index in [0.29, 0.717) is 23.3 Å². The minimum atomic E-state index is -3.31. The number of hydrogen-bond donors (Lipinski definition) is 1. The molecule has 5 nitrogen and oxygen atoms in total. The van der Waals surface area contributed by atoms with E-state index in [9.17, 15) is 13.2 Å². The van der Waals surface area contributed by atoms with Crippen LogP contribution in [0.25, 0.3) is 0 Å². The molecule has 1 N–H and O–H groups in total. The summed E-state index contributed by atoms with van der Waals surface area (Å²) in [5, 5.41) is 2.56. The third kappa shape index (κ3) is 3.23. The summed E-state index contributed by atoms with van der Waals surface area (Å²) in [6.07, 6.45) is 0.935. The molecule has 1 aliphatic carbocycles. The molecule has 3 rings (SSSR count). The first-order valence-corrected chi connectivity index (χ1v) is 10.2. The van der Waals surface area contributed by atoms with Crippen molar-refractivity contribution in [1.29, 1.82) is 0 Å². The molecule has 6 heteroatoms. The number of rotatable bonds is 5. The van der Waals surface area contributed by atoms with E-state index in [0.717, 1.165) is 17.9 Å². The Hall–Kier alpha value is -2.08. The molecule has 1 aromatic carbocycles. The highest BCUT2D eigenvalue weighted by atomic mass is 32.2. The summed E-state index contributed by atoms with van der Waals surface area (Å²) in [5.74, 6) is -0.117. The number of amides is 1. The predicted molar refractivity (Wildman–Crippen MR) is 97.5 cm³/mol. The fourth-order valence-electron chi connectivity index (χ4n) is 3.52. The van der Waals surface area contributed by atoms with Crippen LogP contribution in [0, 0.1) is 13.8 Å². The first-order valence-electron chi connectivity index (χ1n) is 8.61. The fourth-order valence-corrected chi connectivity index (χ4v) is 5.41. The van der Waals surface area contributed by atoms with E-state index < -0.39 is 15.1 Å². The van der Waals surface area contributed by atoms with Gasteiger partial charge < -0.3 is 9.88 Å². The van der Waals surface area contributed by atoms with Crippen LogP contribution in [0.5, 0.6) is 0 Å². The van der Waals surface area contributed by atoms with Crippen molar-refractivity contribution in [2.45, 2.75) is 56.3 Å².